The molecule has 5 heteroatoms. The van der Waals surface area contributed by atoms with E-state index in [-0.39, 0.29) is 25.2 Å². The van der Waals surface area contributed by atoms with Crippen molar-refractivity contribution in [1.29, 1.82) is 0 Å². The monoisotopic (exact) mass is 891 g/mol. The highest BCUT2D eigenvalue weighted by Crippen LogP contribution is 2.13. The van der Waals surface area contributed by atoms with Crippen LogP contribution in [0.25, 0.3) is 0 Å². The van der Waals surface area contributed by atoms with Crippen LogP contribution in [0.5, 0.6) is 0 Å². The summed E-state index contributed by atoms with van der Waals surface area (Å²) in [5.74, 6) is -0.456. The van der Waals surface area contributed by atoms with Crippen molar-refractivity contribution in [3.8, 4) is 0 Å². The van der Waals surface area contributed by atoms with Gasteiger partial charge in [-0.25, -0.2) is 0 Å². The second-order valence-electron chi connectivity index (χ2n) is 17.7. The predicted octanol–water partition coefficient (Wildman–Crippen LogP) is 18.5. The third-order valence-corrected chi connectivity index (χ3v) is 11.4. The van der Waals surface area contributed by atoms with Crippen molar-refractivity contribution in [1.82, 2.24) is 0 Å². The fraction of sp³-hybridized carbons (Fsp3) is 0.729. The Morgan fingerprint density at radius 1 is 0.359 bits per heavy atom. The van der Waals surface area contributed by atoms with Gasteiger partial charge in [-0.1, -0.05) is 209 Å². The molecule has 0 spiro atoms. The van der Waals surface area contributed by atoms with E-state index in [0.29, 0.717) is 19.4 Å². The van der Waals surface area contributed by atoms with Crippen LogP contribution in [0, 0.1) is 0 Å². The number of hydrogen-bond donors (Lipinski definition) is 0. The number of hydrogen-bond acceptors (Lipinski definition) is 5. The minimum atomic E-state index is -0.564. The summed E-state index contributed by atoms with van der Waals surface area (Å²) in [6.45, 7) is 7.63. The summed E-state index contributed by atoms with van der Waals surface area (Å²) in [5.41, 5.74) is 0. The summed E-state index contributed by atoms with van der Waals surface area (Å²) < 4.78 is 17.4. The molecule has 368 valence electrons. The number of rotatable bonds is 49. The smallest absolute Gasteiger partial charge is 0.306 e. The van der Waals surface area contributed by atoms with Crippen molar-refractivity contribution in [3.05, 3.63) is 85.1 Å². The van der Waals surface area contributed by atoms with Crippen LogP contribution in [0.2, 0.25) is 0 Å². The Bertz CT molecular complexity index is 1190. The fourth-order valence-electron chi connectivity index (χ4n) is 7.35. The van der Waals surface area contributed by atoms with E-state index in [4.69, 9.17) is 14.2 Å². The van der Waals surface area contributed by atoms with E-state index < -0.39 is 6.10 Å². The van der Waals surface area contributed by atoms with Crippen LogP contribution in [0.1, 0.15) is 252 Å². The molecule has 0 aliphatic carbocycles. The maximum Gasteiger partial charge on any atom is 0.306 e. The first-order valence-corrected chi connectivity index (χ1v) is 27.1. The van der Waals surface area contributed by atoms with Crippen molar-refractivity contribution in [2.75, 3.05) is 19.8 Å². The molecule has 0 aromatic carbocycles. The van der Waals surface area contributed by atoms with Crippen LogP contribution in [-0.4, -0.2) is 37.9 Å². The molecule has 0 radical (unpaired) electrons. The lowest BCUT2D eigenvalue weighted by molar-refractivity contribution is -0.163. The molecule has 0 heterocycles. The van der Waals surface area contributed by atoms with Crippen LogP contribution in [0.15, 0.2) is 85.1 Å². The first-order chi connectivity index (χ1) is 31.6. The number of carbonyl (C=O) groups is 2. The van der Waals surface area contributed by atoms with Gasteiger partial charge in [-0.3, -0.25) is 9.59 Å². The first-order valence-electron chi connectivity index (χ1n) is 27.1. The quantitative estimate of drug-likeness (QED) is 0.0346. The van der Waals surface area contributed by atoms with Crippen LogP contribution >= 0.6 is 0 Å². The largest absolute Gasteiger partial charge is 0.462 e. The number of esters is 2. The van der Waals surface area contributed by atoms with Crippen LogP contribution in [-0.2, 0) is 23.8 Å². The second kappa shape index (κ2) is 54.4. The van der Waals surface area contributed by atoms with E-state index in [9.17, 15) is 9.59 Å². The summed E-state index contributed by atoms with van der Waals surface area (Å²) in [6, 6.07) is 0. The SMILES string of the molecule is CC/C=C\C/C=C\C/C=C\C/C=C\CCCCC(=O)OCC(COCCCCCCCCCC/C=C\C/C=C\CCCCC)OC(=O)CCCCCCC/C=C\CCCCCCCC. The maximum absolute atomic E-state index is 12.8. The summed E-state index contributed by atoms with van der Waals surface area (Å²) in [5, 5.41) is 0. The van der Waals surface area contributed by atoms with E-state index in [2.05, 4.69) is 106 Å². The van der Waals surface area contributed by atoms with Gasteiger partial charge in [0.2, 0.25) is 0 Å². The third-order valence-electron chi connectivity index (χ3n) is 11.4. The van der Waals surface area contributed by atoms with Gasteiger partial charge in [0.1, 0.15) is 6.61 Å². The highest BCUT2D eigenvalue weighted by Gasteiger charge is 2.17. The molecule has 0 bridgehead atoms. The standard InChI is InChI=1S/C59H102O5/c1-4-7-10-13-16-19-22-25-28-29-30-33-36-39-42-45-48-51-54-62-55-57(64-59(61)53-50-47-44-41-38-35-32-27-24-21-18-15-12-9-6-3)56-63-58(60)52-49-46-43-40-37-34-31-26-23-20-17-14-11-8-5-2/h8,11,16-17,19-20,25-28,31-32,37,40,57H,4-7,9-10,12-15,18,21-24,29-30,33-36,38-39,41-56H2,1-3H3/b11-8-,19-16-,20-17-,28-25-,31-26-,32-27-,40-37-. The summed E-state index contributed by atoms with van der Waals surface area (Å²) in [7, 11) is 0. The lowest BCUT2D eigenvalue weighted by atomic mass is 10.1. The number of carbonyl (C=O) groups excluding carboxylic acids is 2. The topological polar surface area (TPSA) is 61.8 Å². The van der Waals surface area contributed by atoms with Gasteiger partial charge in [-0.15, -0.1) is 0 Å². The third kappa shape index (κ3) is 51.7. The summed E-state index contributed by atoms with van der Waals surface area (Å²) in [4.78, 5) is 25.4. The minimum absolute atomic E-state index is 0.0553. The molecule has 1 atom stereocenters. The zero-order valence-electron chi connectivity index (χ0n) is 42.3. The Balaban J connectivity index is 4.35. The first kappa shape index (κ1) is 61.1. The average Bonchev–Trinajstić information content (AvgIpc) is 3.30. The molecule has 0 aromatic heterocycles. The molecular weight excluding hydrogens is 789 g/mol. The molecule has 0 saturated carbocycles. The highest BCUT2D eigenvalue weighted by atomic mass is 16.6. The number of allylic oxidation sites excluding steroid dienone is 14. The minimum Gasteiger partial charge on any atom is -0.462 e. The van der Waals surface area contributed by atoms with E-state index in [1.54, 1.807) is 0 Å². The van der Waals surface area contributed by atoms with E-state index in [1.807, 2.05) is 0 Å². The van der Waals surface area contributed by atoms with Crippen molar-refractivity contribution < 1.29 is 23.8 Å². The summed E-state index contributed by atoms with van der Waals surface area (Å²) in [6.07, 6.45) is 71.7. The Labute approximate surface area is 397 Å². The predicted molar refractivity (Wildman–Crippen MR) is 279 cm³/mol. The molecule has 0 amide bonds. The van der Waals surface area contributed by atoms with Gasteiger partial charge in [-0.2, -0.15) is 0 Å². The van der Waals surface area contributed by atoms with E-state index in [1.165, 1.54) is 128 Å². The van der Waals surface area contributed by atoms with Gasteiger partial charge >= 0.3 is 11.9 Å². The lowest BCUT2D eigenvalue weighted by Crippen LogP contribution is -2.30. The normalized spacial score (nSPS) is 12.9. The second-order valence-corrected chi connectivity index (χ2v) is 17.7. The maximum atomic E-state index is 12.8. The molecule has 0 aromatic rings. The van der Waals surface area contributed by atoms with Crippen LogP contribution in [0.4, 0.5) is 0 Å². The zero-order chi connectivity index (χ0) is 46.3. The average molecular weight is 891 g/mol. The van der Waals surface area contributed by atoms with Crippen LogP contribution in [0.3, 0.4) is 0 Å². The van der Waals surface area contributed by atoms with Crippen molar-refractivity contribution >= 4 is 11.9 Å². The van der Waals surface area contributed by atoms with E-state index in [0.717, 1.165) is 89.9 Å². The molecule has 0 aliphatic rings. The Morgan fingerprint density at radius 2 is 0.703 bits per heavy atom. The molecule has 5 nitrogen and oxygen atoms in total. The molecule has 0 saturated heterocycles. The number of ether oxygens (including phenoxy) is 3. The van der Waals surface area contributed by atoms with Crippen molar-refractivity contribution in [2.24, 2.45) is 0 Å². The molecule has 0 fully saturated rings. The molecule has 0 aliphatic heterocycles. The Hall–Kier alpha value is -2.92. The molecule has 1 unspecified atom stereocenters. The fourth-order valence-corrected chi connectivity index (χ4v) is 7.35. The molecule has 0 N–H and O–H groups in total. The van der Waals surface area contributed by atoms with E-state index >= 15 is 0 Å². The number of unbranched alkanes of at least 4 members (excludes halogenated alkanes) is 24. The van der Waals surface area contributed by atoms with Gasteiger partial charge in [0.15, 0.2) is 6.10 Å². The lowest BCUT2D eigenvalue weighted by Gasteiger charge is -2.18. The van der Waals surface area contributed by atoms with Gasteiger partial charge in [0.25, 0.3) is 0 Å². The van der Waals surface area contributed by atoms with Gasteiger partial charge in [0.05, 0.1) is 6.61 Å². The van der Waals surface area contributed by atoms with Gasteiger partial charge in [0, 0.05) is 19.4 Å². The molecule has 0 rings (SSSR count). The Kier molecular flexibility index (Phi) is 51.9. The summed E-state index contributed by atoms with van der Waals surface area (Å²) >= 11 is 0. The Morgan fingerprint density at radius 3 is 1.20 bits per heavy atom. The van der Waals surface area contributed by atoms with Crippen molar-refractivity contribution in [2.45, 2.75) is 258 Å². The van der Waals surface area contributed by atoms with Crippen molar-refractivity contribution in [3.63, 3.8) is 0 Å². The van der Waals surface area contributed by atoms with Gasteiger partial charge < -0.3 is 14.2 Å². The van der Waals surface area contributed by atoms with Gasteiger partial charge in [-0.05, 0) is 116 Å². The highest BCUT2D eigenvalue weighted by molar-refractivity contribution is 5.70. The zero-order valence-corrected chi connectivity index (χ0v) is 42.3. The molecular formula is C59H102O5. The molecule has 64 heavy (non-hydrogen) atoms. The van der Waals surface area contributed by atoms with Crippen LogP contribution < -0.4 is 0 Å².